The molecule has 5 radical (unpaired) electrons. The van der Waals surface area contributed by atoms with E-state index >= 15 is 0 Å². The van der Waals surface area contributed by atoms with Crippen LogP contribution in [0.5, 0.6) is 0 Å². The molecule has 0 saturated heterocycles. The van der Waals surface area contributed by atoms with Gasteiger partial charge in [-0.15, -0.1) is 0 Å². The topological polar surface area (TPSA) is 17.1 Å². The Morgan fingerprint density at radius 3 is 1.86 bits per heavy atom. The van der Waals surface area contributed by atoms with Crippen LogP contribution in [0.3, 0.4) is 0 Å². The minimum absolute atomic E-state index is 0. The maximum atomic E-state index is 9.69. The van der Waals surface area contributed by atoms with E-state index in [2.05, 4.69) is 6.58 Å². The maximum absolute atomic E-state index is 9.69. The zero-order chi connectivity index (χ0) is 4.28. The fraction of sp³-hybridized carbons (Fsp3) is 0. The monoisotopic (exact) mass is 97.0 g/mol. The summed E-state index contributed by atoms with van der Waals surface area (Å²) in [4.78, 5) is 9.69. The smallest absolute Gasteiger partial charge is 0 e. The molecule has 0 N–H and O–H groups in total. The van der Waals surface area contributed by atoms with Crippen molar-refractivity contribution in [2.75, 3.05) is 0 Å². The van der Waals surface area contributed by atoms with Gasteiger partial charge in [-0.25, -0.2) is 0 Å². The Labute approximate surface area is 69.3 Å². The van der Waals surface area contributed by atoms with Crippen molar-refractivity contribution in [1.29, 1.82) is 0 Å². The van der Waals surface area contributed by atoms with Crippen LogP contribution in [0.15, 0.2) is 12.7 Å². The molecular formula is C3H3Li2OSi. The van der Waals surface area contributed by atoms with E-state index in [1.54, 1.807) is 0 Å². The molecule has 1 nitrogen and oxygen atoms in total. The Balaban J connectivity index is -0.0000000800. The van der Waals surface area contributed by atoms with Gasteiger partial charge in [0.15, 0.2) is 0 Å². The van der Waals surface area contributed by atoms with E-state index < -0.39 is 0 Å². The molecule has 0 aromatic rings. The van der Waals surface area contributed by atoms with Crippen molar-refractivity contribution in [2.24, 2.45) is 0 Å². The van der Waals surface area contributed by atoms with Crippen LogP contribution in [0.4, 0.5) is 0 Å². The minimum Gasteiger partial charge on any atom is 0 e. The molecule has 0 bridgehead atoms. The van der Waals surface area contributed by atoms with Crippen molar-refractivity contribution in [3.63, 3.8) is 0 Å². The maximum Gasteiger partial charge on any atom is 0 e. The first kappa shape index (κ1) is 15.7. The molecule has 0 aliphatic carbocycles. The Hall–Kier alpha value is 0.822. The third-order valence-corrected chi connectivity index (χ3v) is 0.287. The molecule has 7 heavy (non-hydrogen) atoms. The number of carbonyl (C=O) groups excluding carboxylic acids is 1. The largest absolute Gasteiger partial charge is 0 e. The summed E-state index contributed by atoms with van der Waals surface area (Å²) in [6.07, 6.45) is 1.28. The van der Waals surface area contributed by atoms with Crippen LogP contribution in [-0.4, -0.2) is 52.0 Å². The second kappa shape index (κ2) is 9.94. The van der Waals surface area contributed by atoms with E-state index in [-0.39, 0.29) is 34.3 Å². The summed E-state index contributed by atoms with van der Waals surface area (Å²) in [6, 6.07) is 0. The Kier molecular flexibility index (Phi) is 22.2. The zero-order valence-electron chi connectivity index (χ0n) is 4.69. The van der Waals surface area contributed by atoms with Gasteiger partial charge in [-0.1, -0.05) is 0 Å². The molecule has 0 unspecified atom stereocenters. The van der Waals surface area contributed by atoms with Crippen molar-refractivity contribution in [2.45, 2.75) is 0 Å². The average molecular weight is 97.0 g/mol. The van der Waals surface area contributed by atoms with Crippen molar-refractivity contribution >= 4 is 52.0 Å². The van der Waals surface area contributed by atoms with Crippen molar-refractivity contribution in [3.8, 4) is 0 Å². The molecule has 0 heterocycles. The number of rotatable bonds is 1. The predicted octanol–water partition coefficient (Wildman–Crippen LogP) is -0.894. The van der Waals surface area contributed by atoms with Gasteiger partial charge in [-0.3, -0.25) is 0 Å². The third-order valence-electron chi connectivity index (χ3n) is 0.287. The molecule has 0 aromatic carbocycles. The van der Waals surface area contributed by atoms with Gasteiger partial charge in [0.1, 0.15) is 0 Å². The number of hydrogen-bond acceptors (Lipinski definition) is 1. The summed E-state index contributed by atoms with van der Waals surface area (Å²) in [7, 11) is 0. The third kappa shape index (κ3) is 19.9. The summed E-state index contributed by atoms with van der Waals surface area (Å²) in [6.45, 7) is 3.21. The molecule has 0 rings (SSSR count). The van der Waals surface area contributed by atoms with Gasteiger partial charge in [-0.2, -0.15) is 0 Å². The summed E-state index contributed by atoms with van der Waals surface area (Å²) >= 11 is 1.47. The van der Waals surface area contributed by atoms with E-state index in [0.717, 1.165) is 0 Å². The Morgan fingerprint density at radius 2 is 1.86 bits per heavy atom. The molecule has 27 valence electrons. The van der Waals surface area contributed by atoms with Gasteiger partial charge in [0.05, 0.1) is 0 Å². The Morgan fingerprint density at radius 1 is 1.71 bits per heavy atom. The molecule has 0 aliphatic heterocycles. The summed E-state index contributed by atoms with van der Waals surface area (Å²) in [5.41, 5.74) is 0. The average Bonchev–Trinajstić information content (AvgIpc) is 1.38. The van der Waals surface area contributed by atoms with Gasteiger partial charge in [-0.05, 0) is 0 Å². The first-order chi connectivity index (χ1) is 2.27. The Bertz CT molecular complexity index is 64.0. The van der Waals surface area contributed by atoms with Crippen LogP contribution in [-0.2, 0) is 4.79 Å². The second-order valence-corrected chi connectivity index (χ2v) is 0.815. The van der Waals surface area contributed by atoms with E-state index in [0.29, 0.717) is 0 Å². The fourth-order valence-electron chi connectivity index (χ4n) is 0. The standard InChI is InChI=1S/C3H3O.2Li.Si/c1-2-3-4;;;/h2H,1H2;;;. The molecule has 0 spiro atoms. The van der Waals surface area contributed by atoms with Crippen LogP contribution < -0.4 is 0 Å². The summed E-state index contributed by atoms with van der Waals surface area (Å²) in [5, 5.41) is 0. The van der Waals surface area contributed by atoms with Crippen LogP contribution >= 0.6 is 0 Å². The first-order valence-corrected chi connectivity index (χ1v) is 1.40. The quantitative estimate of drug-likeness (QED) is 0.306. The van der Waals surface area contributed by atoms with Crippen molar-refractivity contribution in [1.82, 2.24) is 0 Å². The normalized spacial score (nSPS) is 4.86. The molecule has 0 amide bonds. The van der Waals surface area contributed by atoms with E-state index in [4.69, 9.17) is 0 Å². The molecule has 4 heteroatoms. The summed E-state index contributed by atoms with van der Waals surface area (Å²) < 4.78 is 0.0185. The van der Waals surface area contributed by atoms with Gasteiger partial charge < -0.3 is 0 Å². The number of carbonyl (C=O) groups is 1. The van der Waals surface area contributed by atoms with Crippen LogP contribution in [0.25, 0.3) is 0 Å². The van der Waals surface area contributed by atoms with E-state index in [1.165, 1.54) is 23.8 Å². The van der Waals surface area contributed by atoms with Crippen molar-refractivity contribution < 1.29 is 4.79 Å². The van der Waals surface area contributed by atoms with Gasteiger partial charge in [0.25, 0.3) is 0 Å². The fourth-order valence-corrected chi connectivity index (χ4v) is 0. The van der Waals surface area contributed by atoms with Crippen LogP contribution in [0, 0.1) is 0 Å². The molecule has 0 fully saturated rings. The van der Waals surface area contributed by atoms with Gasteiger partial charge >= 0.3 is 39.6 Å². The van der Waals surface area contributed by atoms with E-state index in [1.807, 2.05) is 0 Å². The molecule has 0 saturated carbocycles. The summed E-state index contributed by atoms with van der Waals surface area (Å²) in [5.74, 6) is 0. The molecule has 0 aliphatic rings. The predicted molar refractivity (Wildman–Crippen MR) is 32.5 cm³/mol. The van der Waals surface area contributed by atoms with Gasteiger partial charge in [0.2, 0.25) is 0 Å². The van der Waals surface area contributed by atoms with E-state index in [9.17, 15) is 4.79 Å². The van der Waals surface area contributed by atoms with Crippen LogP contribution in [0.1, 0.15) is 0 Å². The molecule has 0 atom stereocenters. The molecule has 0 aromatic heterocycles. The minimum atomic E-state index is 0. The van der Waals surface area contributed by atoms with Crippen molar-refractivity contribution in [3.05, 3.63) is 12.7 Å². The first-order valence-electron chi connectivity index (χ1n) is 1.40. The number of hydrogen-bond donors (Lipinski definition) is 0. The zero-order valence-corrected chi connectivity index (χ0v) is 5.69. The molecular weight excluding hydrogens is 94.0 g/mol. The van der Waals surface area contributed by atoms with Crippen LogP contribution in [0.2, 0.25) is 0 Å². The second-order valence-electron chi connectivity index (χ2n) is 0.815. The van der Waals surface area contributed by atoms with Gasteiger partial charge in [0, 0.05) is 29.8 Å². The SMILES string of the molecule is [Li].[Li][C](=O)C=C.[Si]. The number of allylic oxidation sites excluding steroid dienone is 1.